The van der Waals surface area contributed by atoms with E-state index in [1.165, 1.54) is 77.9 Å². The maximum Gasteiger partial charge on any atom is -0.000673 e. The molecule has 0 saturated heterocycles. The van der Waals surface area contributed by atoms with E-state index in [2.05, 4.69) is 163 Å². The molecule has 2 aliphatic rings. The Morgan fingerprint density at radius 3 is 1.61 bits per heavy atom. The summed E-state index contributed by atoms with van der Waals surface area (Å²) in [4.78, 5) is 0. The lowest BCUT2D eigenvalue weighted by atomic mass is 9.71. The van der Waals surface area contributed by atoms with E-state index in [9.17, 15) is 0 Å². The first kappa shape index (κ1) is 28.4. The van der Waals surface area contributed by atoms with Crippen LogP contribution < -0.4 is 0 Å². The van der Waals surface area contributed by atoms with Gasteiger partial charge in [0.25, 0.3) is 0 Å². The Balaban J connectivity index is 1.72. The van der Waals surface area contributed by atoms with Crippen molar-refractivity contribution in [2.24, 2.45) is 0 Å². The molecule has 44 heavy (non-hydrogen) atoms. The predicted octanol–water partition coefficient (Wildman–Crippen LogP) is 12.2. The Hall–Kier alpha value is -4.42. The highest BCUT2D eigenvalue weighted by atomic mass is 14.4. The molecule has 0 spiro atoms. The van der Waals surface area contributed by atoms with Crippen molar-refractivity contribution in [3.8, 4) is 44.5 Å². The minimum absolute atomic E-state index is 0.0437. The first-order valence-electron chi connectivity index (χ1n) is 16.1. The fourth-order valence-corrected chi connectivity index (χ4v) is 7.38. The topological polar surface area (TPSA) is 0 Å². The van der Waals surface area contributed by atoms with Gasteiger partial charge in [-0.05, 0) is 108 Å². The van der Waals surface area contributed by atoms with Crippen LogP contribution in [0.4, 0.5) is 0 Å². The molecule has 0 amide bonds. The molecule has 0 bridgehead atoms. The summed E-state index contributed by atoms with van der Waals surface area (Å²) in [7, 11) is 0. The molecule has 0 unspecified atom stereocenters. The quantitative estimate of drug-likeness (QED) is 0.198. The van der Waals surface area contributed by atoms with E-state index in [0.29, 0.717) is 0 Å². The molecule has 0 heterocycles. The van der Waals surface area contributed by atoms with Crippen LogP contribution >= 0.6 is 0 Å². The van der Waals surface area contributed by atoms with Crippen LogP contribution in [0, 0.1) is 0 Å². The van der Waals surface area contributed by atoms with Gasteiger partial charge in [0.05, 0.1) is 0 Å². The molecule has 0 atom stereocenters. The molecule has 0 aliphatic heterocycles. The number of benzene rings is 5. The molecule has 2 aliphatic carbocycles. The number of fused-ring (bicyclic) bond motifs is 3. The highest BCUT2D eigenvalue weighted by Crippen LogP contribution is 2.57. The van der Waals surface area contributed by atoms with Gasteiger partial charge >= 0.3 is 0 Å². The second-order valence-corrected chi connectivity index (χ2v) is 14.5. The number of allylic oxidation sites excluding steroid dienone is 4. The molecular formula is C44H42. The maximum absolute atomic E-state index is 2.51. The Bertz CT molecular complexity index is 1920. The second-order valence-electron chi connectivity index (χ2n) is 14.5. The van der Waals surface area contributed by atoms with Gasteiger partial charge in [0.15, 0.2) is 0 Å². The summed E-state index contributed by atoms with van der Waals surface area (Å²) in [6.45, 7) is 14.2. The van der Waals surface area contributed by atoms with Crippen LogP contribution in [-0.4, -0.2) is 0 Å². The zero-order valence-electron chi connectivity index (χ0n) is 27.0. The van der Waals surface area contributed by atoms with Crippen LogP contribution in [0.25, 0.3) is 50.1 Å². The number of rotatable bonds is 4. The van der Waals surface area contributed by atoms with Crippen molar-refractivity contribution in [3.05, 3.63) is 149 Å². The summed E-state index contributed by atoms with van der Waals surface area (Å²) < 4.78 is 0. The minimum atomic E-state index is -0.0733. The van der Waals surface area contributed by atoms with E-state index >= 15 is 0 Å². The summed E-state index contributed by atoms with van der Waals surface area (Å²) in [5.74, 6) is 0. The van der Waals surface area contributed by atoms with Gasteiger partial charge < -0.3 is 0 Å². The van der Waals surface area contributed by atoms with E-state index in [-0.39, 0.29) is 10.8 Å². The monoisotopic (exact) mass is 570 g/mol. The van der Waals surface area contributed by atoms with E-state index in [0.717, 1.165) is 12.8 Å². The lowest BCUT2D eigenvalue weighted by molar-refractivity contribution is 0.589. The second kappa shape index (κ2) is 10.6. The molecule has 218 valence electrons. The van der Waals surface area contributed by atoms with Crippen LogP contribution in [0.1, 0.15) is 75.8 Å². The Morgan fingerprint density at radius 2 is 1.09 bits per heavy atom. The average Bonchev–Trinajstić information content (AvgIpc) is 3.68. The molecule has 0 aromatic heterocycles. The normalized spacial score (nSPS) is 14.0. The third kappa shape index (κ3) is 4.78. The molecular weight excluding hydrogens is 528 g/mol. The Morgan fingerprint density at radius 1 is 0.523 bits per heavy atom. The summed E-state index contributed by atoms with van der Waals surface area (Å²) in [5.41, 5.74) is 19.4. The molecule has 0 nitrogen and oxygen atoms in total. The molecule has 7 rings (SSSR count). The van der Waals surface area contributed by atoms with Crippen LogP contribution in [0.3, 0.4) is 0 Å². The van der Waals surface area contributed by atoms with Crippen molar-refractivity contribution < 1.29 is 0 Å². The van der Waals surface area contributed by atoms with Gasteiger partial charge in [-0.15, -0.1) is 0 Å². The first-order valence-corrected chi connectivity index (χ1v) is 16.1. The van der Waals surface area contributed by atoms with E-state index in [1.54, 1.807) is 0 Å². The average molecular weight is 571 g/mol. The van der Waals surface area contributed by atoms with Gasteiger partial charge in [-0.2, -0.15) is 0 Å². The van der Waals surface area contributed by atoms with Crippen molar-refractivity contribution in [2.45, 2.75) is 65.2 Å². The Labute approximate surface area is 263 Å². The predicted molar refractivity (Wildman–Crippen MR) is 190 cm³/mol. The lowest BCUT2D eigenvalue weighted by Gasteiger charge is -2.33. The van der Waals surface area contributed by atoms with Crippen LogP contribution in [0.15, 0.2) is 121 Å². The molecule has 0 N–H and O–H groups in total. The summed E-state index contributed by atoms with van der Waals surface area (Å²) in [5, 5.41) is 0. The van der Waals surface area contributed by atoms with Crippen LogP contribution in [-0.2, 0) is 17.3 Å². The van der Waals surface area contributed by atoms with Crippen molar-refractivity contribution in [3.63, 3.8) is 0 Å². The van der Waals surface area contributed by atoms with Crippen molar-refractivity contribution in [2.75, 3.05) is 0 Å². The minimum Gasteiger partial charge on any atom is -0.0801 e. The highest BCUT2D eigenvalue weighted by molar-refractivity contribution is 6.07. The summed E-state index contributed by atoms with van der Waals surface area (Å²) in [6, 6.07) is 38.4. The van der Waals surface area contributed by atoms with Crippen LogP contribution in [0.2, 0.25) is 0 Å². The Kier molecular flexibility index (Phi) is 6.85. The van der Waals surface area contributed by atoms with Gasteiger partial charge in [0.1, 0.15) is 0 Å². The molecule has 5 aromatic rings. The lowest BCUT2D eigenvalue weighted by Crippen LogP contribution is -2.18. The summed E-state index contributed by atoms with van der Waals surface area (Å²) >= 11 is 0. The molecule has 0 radical (unpaired) electrons. The first-order chi connectivity index (χ1) is 21.1. The fourth-order valence-electron chi connectivity index (χ4n) is 7.38. The number of hydrogen-bond acceptors (Lipinski definition) is 0. The number of hydrogen-bond donors (Lipinski definition) is 0. The maximum atomic E-state index is 2.51. The van der Waals surface area contributed by atoms with Crippen LogP contribution in [0.5, 0.6) is 0 Å². The SMILES string of the molecule is CC(C)(C)c1cc2c(c(-c3ccccc3)c1)-c1c(c(C3=CC=CC3)c(C(C)(C)C)c(-c3ccccc3)c1-c1ccccc1)C2. The van der Waals surface area contributed by atoms with E-state index in [1.807, 2.05) is 0 Å². The third-order valence-corrected chi connectivity index (χ3v) is 9.36. The molecule has 5 aromatic carbocycles. The van der Waals surface area contributed by atoms with Crippen molar-refractivity contribution in [1.29, 1.82) is 0 Å². The van der Waals surface area contributed by atoms with Gasteiger partial charge in [-0.25, -0.2) is 0 Å². The van der Waals surface area contributed by atoms with Gasteiger partial charge in [-0.1, -0.05) is 157 Å². The standard InChI is InChI=1S/C44H42/c1-43(2,3)34-26-33-27-36-38(30-24-16-17-25-30)42(44(4,5)6)40(32-22-14-9-15-23-32)39(31-20-12-8-13-21-31)41(36)37(33)35(28-34)29-18-10-7-11-19-29/h7-24,26,28H,25,27H2,1-6H3. The molecule has 0 fully saturated rings. The largest absolute Gasteiger partial charge is 0.0801 e. The van der Waals surface area contributed by atoms with Gasteiger partial charge in [-0.3, -0.25) is 0 Å². The smallest absolute Gasteiger partial charge is 0.000673 e. The highest BCUT2D eigenvalue weighted by Gasteiger charge is 2.37. The van der Waals surface area contributed by atoms with E-state index < -0.39 is 0 Å². The zero-order valence-corrected chi connectivity index (χ0v) is 27.0. The van der Waals surface area contributed by atoms with Crippen molar-refractivity contribution >= 4 is 5.57 Å². The van der Waals surface area contributed by atoms with Gasteiger partial charge in [0.2, 0.25) is 0 Å². The molecule has 0 heteroatoms. The third-order valence-electron chi connectivity index (χ3n) is 9.36. The van der Waals surface area contributed by atoms with E-state index in [4.69, 9.17) is 0 Å². The van der Waals surface area contributed by atoms with Crippen molar-refractivity contribution in [1.82, 2.24) is 0 Å². The van der Waals surface area contributed by atoms with Gasteiger partial charge in [0, 0.05) is 0 Å². The fraction of sp³-hybridized carbons (Fsp3) is 0.227. The zero-order chi connectivity index (χ0) is 30.6. The summed E-state index contributed by atoms with van der Waals surface area (Å²) in [6.07, 6.45) is 8.85. The molecule has 0 saturated carbocycles.